The van der Waals surface area contributed by atoms with Crippen LogP contribution < -0.4 is 15.1 Å². The minimum absolute atomic E-state index is 0.0640. The third kappa shape index (κ3) is 4.13. The van der Waals surface area contributed by atoms with Crippen molar-refractivity contribution in [3.05, 3.63) is 48.3 Å². The Hall–Kier alpha value is -2.96. The van der Waals surface area contributed by atoms with Crippen molar-refractivity contribution in [1.29, 1.82) is 0 Å². The van der Waals surface area contributed by atoms with Gasteiger partial charge < -0.3 is 15.1 Å². The monoisotopic (exact) mass is 379 g/mol. The number of anilines is 2. The van der Waals surface area contributed by atoms with E-state index in [2.05, 4.69) is 20.2 Å². The first kappa shape index (κ1) is 18.4. The van der Waals surface area contributed by atoms with Gasteiger partial charge in [-0.3, -0.25) is 9.59 Å². The van der Waals surface area contributed by atoms with Crippen LogP contribution >= 0.6 is 0 Å². The van der Waals surface area contributed by atoms with Crippen molar-refractivity contribution >= 4 is 23.5 Å². The van der Waals surface area contributed by atoms with Crippen molar-refractivity contribution in [3.63, 3.8) is 0 Å². The van der Waals surface area contributed by atoms with Gasteiger partial charge >= 0.3 is 0 Å². The average molecular weight is 379 g/mol. The number of carbonyl (C=O) groups is 2. The number of rotatable bonds is 4. The first-order valence-electron chi connectivity index (χ1n) is 9.94. The summed E-state index contributed by atoms with van der Waals surface area (Å²) in [5, 5.41) is 3.13. The van der Waals surface area contributed by atoms with Crippen molar-refractivity contribution < 1.29 is 9.59 Å². The summed E-state index contributed by atoms with van der Waals surface area (Å²) < 4.78 is 0. The second-order valence-electron chi connectivity index (χ2n) is 7.33. The second kappa shape index (κ2) is 8.37. The Labute approximate surface area is 164 Å². The van der Waals surface area contributed by atoms with Gasteiger partial charge in [0.1, 0.15) is 0 Å². The number of carbonyl (C=O) groups excluding carboxylic acids is 2. The van der Waals surface area contributed by atoms with Crippen LogP contribution in [0.15, 0.2) is 42.7 Å². The highest BCUT2D eigenvalue weighted by molar-refractivity contribution is 5.97. The molecule has 1 aromatic carbocycles. The van der Waals surface area contributed by atoms with Gasteiger partial charge in [-0.15, -0.1) is 0 Å². The van der Waals surface area contributed by atoms with Crippen LogP contribution in [0, 0.1) is 0 Å². The summed E-state index contributed by atoms with van der Waals surface area (Å²) in [4.78, 5) is 37.2. The molecule has 1 aromatic heterocycles. The fourth-order valence-corrected chi connectivity index (χ4v) is 3.82. The number of nitrogens with zero attached hydrogens (tertiary/aromatic N) is 4. The first-order chi connectivity index (χ1) is 13.7. The van der Waals surface area contributed by atoms with E-state index in [1.165, 1.54) is 0 Å². The smallest absolute Gasteiger partial charge is 0.251 e. The molecule has 0 spiro atoms. The molecule has 4 rings (SSSR count). The second-order valence-corrected chi connectivity index (χ2v) is 7.33. The van der Waals surface area contributed by atoms with Crippen LogP contribution in [-0.4, -0.2) is 47.5 Å². The Balaban J connectivity index is 1.31. The summed E-state index contributed by atoms with van der Waals surface area (Å²) in [5.74, 6) is 0.846. The quantitative estimate of drug-likeness (QED) is 0.883. The first-order valence-corrected chi connectivity index (χ1v) is 9.94. The number of piperidine rings is 2. The van der Waals surface area contributed by atoms with E-state index < -0.39 is 0 Å². The van der Waals surface area contributed by atoms with Crippen molar-refractivity contribution in [2.45, 2.75) is 38.1 Å². The van der Waals surface area contributed by atoms with Gasteiger partial charge in [0.05, 0.1) is 0 Å². The molecule has 28 heavy (non-hydrogen) atoms. The molecular weight excluding hydrogens is 354 g/mol. The largest absolute Gasteiger partial charge is 0.349 e. The summed E-state index contributed by atoms with van der Waals surface area (Å²) in [7, 11) is 0. The summed E-state index contributed by atoms with van der Waals surface area (Å²) in [5.41, 5.74) is 1.50. The molecule has 2 aliphatic rings. The van der Waals surface area contributed by atoms with E-state index in [9.17, 15) is 9.59 Å². The highest BCUT2D eigenvalue weighted by Gasteiger charge is 2.23. The average Bonchev–Trinajstić information content (AvgIpc) is 2.75. The van der Waals surface area contributed by atoms with Crippen molar-refractivity contribution in [1.82, 2.24) is 15.3 Å². The molecular formula is C21H25N5O2. The van der Waals surface area contributed by atoms with Gasteiger partial charge in [0.2, 0.25) is 11.9 Å². The van der Waals surface area contributed by atoms with Crippen LogP contribution in [0.3, 0.4) is 0 Å². The summed E-state index contributed by atoms with van der Waals surface area (Å²) in [6.45, 7) is 2.41. The van der Waals surface area contributed by atoms with Crippen LogP contribution in [-0.2, 0) is 4.79 Å². The Kier molecular flexibility index (Phi) is 5.50. The Bertz CT molecular complexity index is 816. The van der Waals surface area contributed by atoms with E-state index in [1.54, 1.807) is 24.5 Å². The number of aromatic nitrogens is 2. The van der Waals surface area contributed by atoms with Crippen LogP contribution in [0.25, 0.3) is 0 Å². The minimum Gasteiger partial charge on any atom is -0.349 e. The Morgan fingerprint density at radius 3 is 2.39 bits per heavy atom. The predicted molar refractivity (Wildman–Crippen MR) is 107 cm³/mol. The van der Waals surface area contributed by atoms with E-state index in [1.807, 2.05) is 23.1 Å². The van der Waals surface area contributed by atoms with E-state index in [0.29, 0.717) is 12.0 Å². The normalized spacial score (nSPS) is 18.2. The molecule has 1 N–H and O–H groups in total. The number of hydrogen-bond acceptors (Lipinski definition) is 5. The lowest BCUT2D eigenvalue weighted by atomic mass is 10.0. The van der Waals surface area contributed by atoms with Gasteiger partial charge in [-0.1, -0.05) is 0 Å². The minimum atomic E-state index is -0.0640. The van der Waals surface area contributed by atoms with Crippen LogP contribution in [0.5, 0.6) is 0 Å². The zero-order valence-corrected chi connectivity index (χ0v) is 15.9. The van der Waals surface area contributed by atoms with E-state index in [4.69, 9.17) is 0 Å². The standard InChI is InChI=1S/C21H25N5O2/c27-19-4-1-2-13-26(19)18-7-5-16(6-8-18)20(28)24-17-9-14-25(15-10-17)21-22-11-3-12-23-21/h3,5-8,11-12,17H,1-2,4,9-10,13-15H2,(H,24,28). The van der Waals surface area contributed by atoms with Crippen molar-refractivity contribution in [3.8, 4) is 0 Å². The Morgan fingerprint density at radius 1 is 1.00 bits per heavy atom. The molecule has 146 valence electrons. The summed E-state index contributed by atoms with van der Waals surface area (Å²) >= 11 is 0. The third-order valence-corrected chi connectivity index (χ3v) is 5.43. The fourth-order valence-electron chi connectivity index (χ4n) is 3.82. The van der Waals surface area contributed by atoms with Gasteiger partial charge in [-0.05, 0) is 56.0 Å². The predicted octanol–water partition coefficient (Wildman–Crippen LogP) is 2.39. The zero-order chi connectivity index (χ0) is 19.3. The molecule has 7 heteroatoms. The molecule has 2 aromatic rings. The van der Waals surface area contributed by atoms with E-state index in [-0.39, 0.29) is 17.9 Å². The molecule has 3 heterocycles. The highest BCUT2D eigenvalue weighted by Crippen LogP contribution is 2.22. The number of nitrogens with one attached hydrogen (secondary N) is 1. The molecule has 0 radical (unpaired) electrons. The van der Waals surface area contributed by atoms with Gasteiger partial charge in [-0.25, -0.2) is 9.97 Å². The summed E-state index contributed by atoms with van der Waals surface area (Å²) in [6.07, 6.45) is 7.82. The molecule has 2 aliphatic heterocycles. The lowest BCUT2D eigenvalue weighted by molar-refractivity contribution is -0.119. The van der Waals surface area contributed by atoms with Gasteiger partial charge in [-0.2, -0.15) is 0 Å². The molecule has 2 saturated heterocycles. The fraction of sp³-hybridized carbons (Fsp3) is 0.429. The number of amides is 2. The van der Waals surface area contributed by atoms with Crippen LogP contribution in [0.1, 0.15) is 42.5 Å². The maximum absolute atomic E-state index is 12.6. The van der Waals surface area contributed by atoms with Crippen molar-refractivity contribution in [2.75, 3.05) is 29.4 Å². The number of hydrogen-bond donors (Lipinski definition) is 1. The maximum Gasteiger partial charge on any atom is 0.251 e. The van der Waals surface area contributed by atoms with E-state index >= 15 is 0 Å². The lowest BCUT2D eigenvalue weighted by Gasteiger charge is -2.32. The highest BCUT2D eigenvalue weighted by atomic mass is 16.2. The SMILES string of the molecule is O=C(NC1CCN(c2ncccn2)CC1)c1ccc(N2CCCCC2=O)cc1. The molecule has 0 saturated carbocycles. The van der Waals surface area contributed by atoms with Gasteiger partial charge in [0.15, 0.2) is 0 Å². The molecule has 2 amide bonds. The maximum atomic E-state index is 12.6. The Morgan fingerprint density at radius 2 is 1.71 bits per heavy atom. The topological polar surface area (TPSA) is 78.4 Å². The summed E-state index contributed by atoms with van der Waals surface area (Å²) in [6, 6.07) is 9.30. The molecule has 2 fully saturated rings. The lowest BCUT2D eigenvalue weighted by Crippen LogP contribution is -2.45. The molecule has 0 atom stereocenters. The molecule has 0 aliphatic carbocycles. The molecule has 0 bridgehead atoms. The van der Waals surface area contributed by atoms with E-state index in [0.717, 1.165) is 57.0 Å². The van der Waals surface area contributed by atoms with Crippen LogP contribution in [0.4, 0.5) is 11.6 Å². The molecule has 0 unspecified atom stereocenters. The number of benzene rings is 1. The van der Waals surface area contributed by atoms with Gasteiger partial charge in [0, 0.05) is 55.7 Å². The van der Waals surface area contributed by atoms with Gasteiger partial charge in [0.25, 0.3) is 5.91 Å². The third-order valence-electron chi connectivity index (χ3n) is 5.43. The van der Waals surface area contributed by atoms with Crippen LogP contribution in [0.2, 0.25) is 0 Å². The van der Waals surface area contributed by atoms with Crippen molar-refractivity contribution in [2.24, 2.45) is 0 Å². The molecule has 7 nitrogen and oxygen atoms in total. The zero-order valence-electron chi connectivity index (χ0n) is 15.9.